The van der Waals surface area contributed by atoms with Crippen LogP contribution in [0.1, 0.15) is 32.1 Å². The number of nitrogens with two attached hydrogens (primary N) is 1. The van der Waals surface area contributed by atoms with Gasteiger partial charge < -0.3 is 10.5 Å². The van der Waals surface area contributed by atoms with Gasteiger partial charge in [0.05, 0.1) is 6.10 Å². The maximum absolute atomic E-state index is 5.49. The fourth-order valence-corrected chi connectivity index (χ4v) is 2.04. The molecule has 0 heterocycles. The first-order chi connectivity index (χ1) is 5.38. The van der Waals surface area contributed by atoms with Gasteiger partial charge in [0.1, 0.15) is 0 Å². The molecule has 0 aliphatic heterocycles. The quantitative estimate of drug-likeness (QED) is 0.672. The number of methoxy groups -OCH3 is 1. The van der Waals surface area contributed by atoms with Gasteiger partial charge in [0, 0.05) is 7.11 Å². The molecule has 0 aromatic carbocycles. The molecule has 0 amide bonds. The molecule has 1 saturated carbocycles. The van der Waals surface area contributed by atoms with Gasteiger partial charge in [-0.15, -0.1) is 0 Å². The summed E-state index contributed by atoms with van der Waals surface area (Å²) in [5.74, 6) is 0.795. The second kappa shape index (κ2) is 4.73. The Bertz CT molecular complexity index is 99.7. The zero-order valence-corrected chi connectivity index (χ0v) is 7.38. The summed E-state index contributed by atoms with van der Waals surface area (Å²) in [5.41, 5.74) is 5.49. The summed E-state index contributed by atoms with van der Waals surface area (Å²) in [6.45, 7) is 0.759. The van der Waals surface area contributed by atoms with Gasteiger partial charge in [0.2, 0.25) is 0 Å². The molecule has 11 heavy (non-hydrogen) atoms. The highest BCUT2D eigenvalue weighted by molar-refractivity contribution is 4.75. The maximum Gasteiger partial charge on any atom is 0.0611 e. The summed E-state index contributed by atoms with van der Waals surface area (Å²) in [7, 11) is 1.80. The van der Waals surface area contributed by atoms with E-state index in [0.717, 1.165) is 18.9 Å². The summed E-state index contributed by atoms with van der Waals surface area (Å²) in [4.78, 5) is 0. The molecule has 1 rings (SSSR count). The van der Waals surface area contributed by atoms with Crippen LogP contribution in [0.3, 0.4) is 0 Å². The fourth-order valence-electron chi connectivity index (χ4n) is 2.04. The van der Waals surface area contributed by atoms with Crippen LogP contribution in [0.25, 0.3) is 0 Å². The predicted molar refractivity (Wildman–Crippen MR) is 46.4 cm³/mol. The van der Waals surface area contributed by atoms with E-state index in [2.05, 4.69) is 0 Å². The van der Waals surface area contributed by atoms with Gasteiger partial charge in [0.15, 0.2) is 0 Å². The van der Waals surface area contributed by atoms with Crippen molar-refractivity contribution in [2.45, 2.75) is 38.2 Å². The van der Waals surface area contributed by atoms with Gasteiger partial charge in [-0.05, 0) is 31.7 Å². The molecule has 0 aromatic rings. The molecule has 2 nitrogen and oxygen atoms in total. The lowest BCUT2D eigenvalue weighted by atomic mass is 9.98. The largest absolute Gasteiger partial charge is 0.381 e. The monoisotopic (exact) mass is 157 g/mol. The predicted octanol–water partition coefficient (Wildman–Crippen LogP) is 1.54. The summed E-state index contributed by atoms with van der Waals surface area (Å²) in [6.07, 6.45) is 6.92. The maximum atomic E-state index is 5.49. The molecule has 1 fully saturated rings. The summed E-state index contributed by atoms with van der Waals surface area (Å²) >= 11 is 0. The normalized spacial score (nSPS) is 22.4. The van der Waals surface area contributed by atoms with E-state index >= 15 is 0 Å². The third-order valence-electron chi connectivity index (χ3n) is 2.68. The van der Waals surface area contributed by atoms with Crippen LogP contribution in [-0.4, -0.2) is 19.8 Å². The molecule has 1 aliphatic rings. The van der Waals surface area contributed by atoms with Crippen LogP contribution < -0.4 is 5.73 Å². The Balaban J connectivity index is 2.27. The van der Waals surface area contributed by atoms with Crippen molar-refractivity contribution in [1.29, 1.82) is 0 Å². The van der Waals surface area contributed by atoms with Crippen molar-refractivity contribution in [2.75, 3.05) is 13.7 Å². The van der Waals surface area contributed by atoms with Crippen LogP contribution in [0.2, 0.25) is 0 Å². The zero-order chi connectivity index (χ0) is 8.10. The van der Waals surface area contributed by atoms with E-state index in [4.69, 9.17) is 10.5 Å². The molecular weight excluding hydrogens is 138 g/mol. The Morgan fingerprint density at radius 1 is 1.45 bits per heavy atom. The highest BCUT2D eigenvalue weighted by Crippen LogP contribution is 2.29. The Kier molecular flexibility index (Phi) is 3.87. The van der Waals surface area contributed by atoms with Crippen LogP contribution in [0.15, 0.2) is 0 Å². The van der Waals surface area contributed by atoms with Crippen molar-refractivity contribution in [3.63, 3.8) is 0 Å². The molecule has 0 radical (unpaired) electrons. The van der Waals surface area contributed by atoms with Crippen molar-refractivity contribution >= 4 is 0 Å². The van der Waals surface area contributed by atoms with E-state index in [1.165, 1.54) is 25.7 Å². The number of rotatable bonds is 4. The van der Waals surface area contributed by atoms with Gasteiger partial charge >= 0.3 is 0 Å². The Hall–Kier alpha value is -0.0800. The molecular formula is C9H19NO. The summed E-state index contributed by atoms with van der Waals surface area (Å²) in [6, 6.07) is 0. The van der Waals surface area contributed by atoms with E-state index in [-0.39, 0.29) is 0 Å². The first-order valence-corrected chi connectivity index (χ1v) is 4.61. The van der Waals surface area contributed by atoms with Crippen LogP contribution in [-0.2, 0) is 4.74 Å². The molecule has 1 unspecified atom stereocenters. The SMILES string of the molecule is COC(CCN)C1CCCC1. The minimum atomic E-state index is 0.433. The van der Waals surface area contributed by atoms with Crippen LogP contribution >= 0.6 is 0 Å². The van der Waals surface area contributed by atoms with Crippen LogP contribution in [0.5, 0.6) is 0 Å². The Morgan fingerprint density at radius 2 is 2.09 bits per heavy atom. The van der Waals surface area contributed by atoms with E-state index < -0.39 is 0 Å². The van der Waals surface area contributed by atoms with Crippen molar-refractivity contribution in [3.05, 3.63) is 0 Å². The molecule has 1 atom stereocenters. The Labute approximate surface area is 69.1 Å². The lowest BCUT2D eigenvalue weighted by Gasteiger charge is -2.20. The summed E-state index contributed by atoms with van der Waals surface area (Å²) in [5, 5.41) is 0. The highest BCUT2D eigenvalue weighted by Gasteiger charge is 2.23. The van der Waals surface area contributed by atoms with Crippen LogP contribution in [0, 0.1) is 5.92 Å². The van der Waals surface area contributed by atoms with Gasteiger partial charge in [-0.1, -0.05) is 12.8 Å². The molecule has 0 saturated heterocycles. The lowest BCUT2D eigenvalue weighted by Crippen LogP contribution is -2.23. The van der Waals surface area contributed by atoms with E-state index in [9.17, 15) is 0 Å². The van der Waals surface area contributed by atoms with Gasteiger partial charge in [-0.3, -0.25) is 0 Å². The first-order valence-electron chi connectivity index (χ1n) is 4.61. The molecule has 1 aliphatic carbocycles. The second-order valence-electron chi connectivity index (χ2n) is 3.40. The van der Waals surface area contributed by atoms with Gasteiger partial charge in [0.25, 0.3) is 0 Å². The second-order valence-corrected chi connectivity index (χ2v) is 3.40. The molecule has 2 heteroatoms. The number of hydrogen-bond acceptors (Lipinski definition) is 2. The summed E-state index contributed by atoms with van der Waals surface area (Å²) < 4.78 is 5.39. The van der Waals surface area contributed by atoms with Crippen molar-refractivity contribution in [1.82, 2.24) is 0 Å². The minimum absolute atomic E-state index is 0.433. The Morgan fingerprint density at radius 3 is 2.55 bits per heavy atom. The van der Waals surface area contributed by atoms with Crippen molar-refractivity contribution in [3.8, 4) is 0 Å². The van der Waals surface area contributed by atoms with E-state index in [0.29, 0.717) is 6.10 Å². The van der Waals surface area contributed by atoms with Crippen molar-refractivity contribution < 1.29 is 4.74 Å². The average Bonchev–Trinajstić information content (AvgIpc) is 2.52. The molecule has 0 aromatic heterocycles. The lowest BCUT2D eigenvalue weighted by molar-refractivity contribution is 0.0495. The smallest absolute Gasteiger partial charge is 0.0611 e. The van der Waals surface area contributed by atoms with Gasteiger partial charge in [-0.2, -0.15) is 0 Å². The standard InChI is InChI=1S/C9H19NO/c1-11-9(6-7-10)8-4-2-3-5-8/h8-9H,2-7,10H2,1H3. The first kappa shape index (κ1) is 9.01. The molecule has 0 bridgehead atoms. The fraction of sp³-hybridized carbons (Fsp3) is 1.00. The van der Waals surface area contributed by atoms with E-state index in [1.54, 1.807) is 7.11 Å². The molecule has 0 spiro atoms. The van der Waals surface area contributed by atoms with Crippen molar-refractivity contribution in [2.24, 2.45) is 11.7 Å². The van der Waals surface area contributed by atoms with Crippen LogP contribution in [0.4, 0.5) is 0 Å². The number of ether oxygens (including phenoxy) is 1. The molecule has 2 N–H and O–H groups in total. The zero-order valence-electron chi connectivity index (χ0n) is 7.38. The molecule has 66 valence electrons. The highest BCUT2D eigenvalue weighted by atomic mass is 16.5. The average molecular weight is 157 g/mol. The van der Waals surface area contributed by atoms with Gasteiger partial charge in [-0.25, -0.2) is 0 Å². The number of hydrogen-bond donors (Lipinski definition) is 1. The van der Waals surface area contributed by atoms with E-state index in [1.807, 2.05) is 0 Å². The minimum Gasteiger partial charge on any atom is -0.381 e. The topological polar surface area (TPSA) is 35.2 Å². The third-order valence-corrected chi connectivity index (χ3v) is 2.68. The third kappa shape index (κ3) is 2.46.